The molecular formula is C10H9F3N4. The molecule has 0 spiro atoms. The van der Waals surface area contributed by atoms with Gasteiger partial charge >= 0.3 is 6.18 Å². The number of nitrogens with zero attached hydrogens (tertiary/aromatic N) is 3. The number of hydrogen-bond acceptors (Lipinski definition) is 3. The summed E-state index contributed by atoms with van der Waals surface area (Å²) in [6, 6.07) is 3.20. The highest BCUT2D eigenvalue weighted by atomic mass is 19.4. The number of nitrogen functional groups attached to an aromatic ring is 1. The smallest absolute Gasteiger partial charge is 0.399 e. The van der Waals surface area contributed by atoms with E-state index in [1.807, 2.05) is 0 Å². The van der Waals surface area contributed by atoms with Gasteiger partial charge in [-0.15, -0.1) is 0 Å². The van der Waals surface area contributed by atoms with E-state index in [0.717, 1.165) is 12.4 Å². The van der Waals surface area contributed by atoms with E-state index in [1.165, 1.54) is 10.9 Å². The lowest BCUT2D eigenvalue weighted by molar-refractivity contribution is -0.137. The van der Waals surface area contributed by atoms with Crippen LogP contribution in [0, 0.1) is 0 Å². The molecule has 2 aromatic heterocycles. The van der Waals surface area contributed by atoms with Gasteiger partial charge in [-0.25, -0.2) is 0 Å². The van der Waals surface area contributed by atoms with Crippen LogP contribution in [0.25, 0.3) is 0 Å². The van der Waals surface area contributed by atoms with Crippen LogP contribution >= 0.6 is 0 Å². The monoisotopic (exact) mass is 242 g/mol. The first-order valence-electron chi connectivity index (χ1n) is 4.75. The number of hydrogen-bond donors (Lipinski definition) is 1. The molecule has 0 aliphatic rings. The van der Waals surface area contributed by atoms with Crippen LogP contribution in [0.2, 0.25) is 0 Å². The Kier molecular flexibility index (Phi) is 2.74. The van der Waals surface area contributed by atoms with Gasteiger partial charge in [-0.3, -0.25) is 9.67 Å². The second-order valence-electron chi connectivity index (χ2n) is 3.50. The van der Waals surface area contributed by atoms with Gasteiger partial charge in [-0.05, 0) is 12.1 Å². The molecule has 0 aliphatic carbocycles. The molecule has 17 heavy (non-hydrogen) atoms. The van der Waals surface area contributed by atoms with Gasteiger partial charge in [-0.1, -0.05) is 0 Å². The van der Waals surface area contributed by atoms with Gasteiger partial charge in [0.1, 0.15) is 0 Å². The summed E-state index contributed by atoms with van der Waals surface area (Å²) in [5, 5.41) is 3.62. The Morgan fingerprint density at radius 1 is 1.35 bits per heavy atom. The Bertz CT molecular complexity index is 518. The average molecular weight is 242 g/mol. The molecule has 2 N–H and O–H groups in total. The molecule has 90 valence electrons. The van der Waals surface area contributed by atoms with Gasteiger partial charge in [-0.2, -0.15) is 18.3 Å². The van der Waals surface area contributed by atoms with Crippen LogP contribution in [-0.4, -0.2) is 14.8 Å². The van der Waals surface area contributed by atoms with E-state index in [2.05, 4.69) is 10.1 Å². The van der Waals surface area contributed by atoms with Crippen LogP contribution < -0.4 is 5.73 Å². The maximum absolute atomic E-state index is 12.3. The van der Waals surface area contributed by atoms with Crippen molar-refractivity contribution < 1.29 is 13.2 Å². The Morgan fingerprint density at radius 3 is 2.71 bits per heavy atom. The van der Waals surface area contributed by atoms with Gasteiger partial charge in [0.05, 0.1) is 24.0 Å². The SMILES string of the molecule is Nc1ccnc(Cn2cc(C(F)(F)F)cn2)c1. The van der Waals surface area contributed by atoms with Gasteiger partial charge in [0, 0.05) is 18.1 Å². The van der Waals surface area contributed by atoms with Crippen molar-refractivity contribution in [3.05, 3.63) is 42.0 Å². The average Bonchev–Trinajstić information content (AvgIpc) is 2.65. The summed E-state index contributed by atoms with van der Waals surface area (Å²) >= 11 is 0. The highest BCUT2D eigenvalue weighted by Gasteiger charge is 2.32. The number of alkyl halides is 3. The predicted molar refractivity (Wildman–Crippen MR) is 55.0 cm³/mol. The summed E-state index contributed by atoms with van der Waals surface area (Å²) in [6.07, 6.45) is -1.16. The minimum atomic E-state index is -4.37. The molecule has 0 aliphatic heterocycles. The van der Waals surface area contributed by atoms with Crippen molar-refractivity contribution in [1.29, 1.82) is 0 Å². The van der Waals surface area contributed by atoms with Crippen molar-refractivity contribution >= 4 is 5.69 Å². The first-order chi connectivity index (χ1) is 7.95. The zero-order valence-electron chi connectivity index (χ0n) is 8.65. The maximum Gasteiger partial charge on any atom is 0.419 e. The van der Waals surface area contributed by atoms with E-state index in [4.69, 9.17) is 5.73 Å². The molecule has 2 heterocycles. The Balaban J connectivity index is 2.17. The molecule has 0 amide bonds. The second kappa shape index (κ2) is 4.08. The van der Waals surface area contributed by atoms with E-state index in [-0.39, 0.29) is 6.54 Å². The lowest BCUT2D eigenvalue weighted by Gasteiger charge is -2.02. The molecule has 0 unspecified atom stereocenters. The molecule has 7 heteroatoms. The van der Waals surface area contributed by atoms with Crippen LogP contribution in [0.15, 0.2) is 30.7 Å². The van der Waals surface area contributed by atoms with Crippen molar-refractivity contribution in [3.8, 4) is 0 Å². The Morgan fingerprint density at radius 2 is 2.12 bits per heavy atom. The zero-order valence-corrected chi connectivity index (χ0v) is 8.65. The van der Waals surface area contributed by atoms with Gasteiger partial charge in [0.25, 0.3) is 0 Å². The van der Waals surface area contributed by atoms with E-state index in [1.54, 1.807) is 12.1 Å². The first-order valence-corrected chi connectivity index (χ1v) is 4.75. The molecule has 4 nitrogen and oxygen atoms in total. The fourth-order valence-electron chi connectivity index (χ4n) is 1.35. The van der Waals surface area contributed by atoms with E-state index in [0.29, 0.717) is 11.4 Å². The normalized spacial score (nSPS) is 11.7. The van der Waals surface area contributed by atoms with Gasteiger partial charge in [0.2, 0.25) is 0 Å². The lowest BCUT2D eigenvalue weighted by Crippen LogP contribution is -2.05. The number of pyridine rings is 1. The van der Waals surface area contributed by atoms with E-state index >= 15 is 0 Å². The molecule has 0 saturated heterocycles. The summed E-state index contributed by atoms with van der Waals surface area (Å²) in [5.41, 5.74) is 5.83. The Hall–Kier alpha value is -2.05. The summed E-state index contributed by atoms with van der Waals surface area (Å²) in [7, 11) is 0. The molecule has 0 radical (unpaired) electrons. The lowest BCUT2D eigenvalue weighted by atomic mass is 10.3. The summed E-state index contributed by atoms with van der Waals surface area (Å²) < 4.78 is 38.1. The number of aromatic nitrogens is 3. The number of nitrogens with two attached hydrogens (primary N) is 1. The largest absolute Gasteiger partial charge is 0.419 e. The third kappa shape index (κ3) is 2.74. The van der Waals surface area contributed by atoms with Crippen LogP contribution in [-0.2, 0) is 12.7 Å². The molecule has 0 aromatic carbocycles. The number of anilines is 1. The first kappa shape index (κ1) is 11.4. The van der Waals surface area contributed by atoms with Crippen molar-refractivity contribution in [2.24, 2.45) is 0 Å². The fourth-order valence-corrected chi connectivity index (χ4v) is 1.35. The van der Waals surface area contributed by atoms with E-state index in [9.17, 15) is 13.2 Å². The molecule has 2 rings (SSSR count). The standard InChI is InChI=1S/C10H9F3N4/c11-10(12,13)7-4-16-17(5-7)6-9-3-8(14)1-2-15-9/h1-5H,6H2,(H2,14,15). The van der Waals surface area contributed by atoms with Crippen LogP contribution in [0.5, 0.6) is 0 Å². The molecule has 0 bridgehead atoms. The van der Waals surface area contributed by atoms with Crippen LogP contribution in [0.4, 0.5) is 18.9 Å². The van der Waals surface area contributed by atoms with Crippen LogP contribution in [0.1, 0.15) is 11.3 Å². The van der Waals surface area contributed by atoms with Crippen molar-refractivity contribution in [1.82, 2.24) is 14.8 Å². The minimum absolute atomic E-state index is 0.154. The minimum Gasteiger partial charge on any atom is -0.399 e. The molecule has 0 saturated carbocycles. The summed E-state index contributed by atoms with van der Waals surface area (Å²) in [5.74, 6) is 0. The molecule has 2 aromatic rings. The Labute approximate surface area is 94.9 Å². The van der Waals surface area contributed by atoms with Crippen molar-refractivity contribution in [3.63, 3.8) is 0 Å². The molecule has 0 fully saturated rings. The topological polar surface area (TPSA) is 56.7 Å². The highest BCUT2D eigenvalue weighted by molar-refractivity contribution is 5.37. The molecular weight excluding hydrogens is 233 g/mol. The quantitative estimate of drug-likeness (QED) is 0.875. The third-order valence-electron chi connectivity index (χ3n) is 2.13. The maximum atomic E-state index is 12.3. The zero-order chi connectivity index (χ0) is 12.5. The van der Waals surface area contributed by atoms with E-state index < -0.39 is 11.7 Å². The number of rotatable bonds is 2. The van der Waals surface area contributed by atoms with Gasteiger partial charge < -0.3 is 5.73 Å². The molecule has 0 atom stereocenters. The highest BCUT2D eigenvalue weighted by Crippen LogP contribution is 2.28. The fraction of sp³-hybridized carbons (Fsp3) is 0.200. The van der Waals surface area contributed by atoms with Gasteiger partial charge in [0.15, 0.2) is 0 Å². The second-order valence-corrected chi connectivity index (χ2v) is 3.50. The summed E-state index contributed by atoms with van der Waals surface area (Å²) in [6.45, 7) is 0.154. The summed E-state index contributed by atoms with van der Waals surface area (Å²) in [4.78, 5) is 3.98. The third-order valence-corrected chi connectivity index (χ3v) is 2.13. The van der Waals surface area contributed by atoms with Crippen molar-refractivity contribution in [2.45, 2.75) is 12.7 Å². The predicted octanol–water partition coefficient (Wildman–Crippen LogP) is 1.93. The number of halogens is 3. The van der Waals surface area contributed by atoms with Crippen molar-refractivity contribution in [2.75, 3.05) is 5.73 Å². The van der Waals surface area contributed by atoms with Crippen LogP contribution in [0.3, 0.4) is 0 Å².